The fourth-order valence-electron chi connectivity index (χ4n) is 4.90. The van der Waals surface area contributed by atoms with Gasteiger partial charge in [0.2, 0.25) is 11.8 Å². The molecule has 2 amide bonds. The van der Waals surface area contributed by atoms with Crippen molar-refractivity contribution in [2.24, 2.45) is 0 Å². The lowest BCUT2D eigenvalue weighted by Gasteiger charge is -2.33. The molecule has 0 aliphatic heterocycles. The second-order valence-corrected chi connectivity index (χ2v) is 9.99. The van der Waals surface area contributed by atoms with Crippen LogP contribution in [0.2, 0.25) is 0 Å². The molecule has 0 heterocycles. The van der Waals surface area contributed by atoms with Gasteiger partial charge in [0.25, 0.3) is 0 Å². The molecule has 0 radical (unpaired) electrons. The number of hydrogen-bond donors (Lipinski definition) is 1. The highest BCUT2D eigenvalue weighted by molar-refractivity contribution is 5.88. The second-order valence-electron chi connectivity index (χ2n) is 9.99. The van der Waals surface area contributed by atoms with Gasteiger partial charge in [-0.1, -0.05) is 94.6 Å². The van der Waals surface area contributed by atoms with Gasteiger partial charge in [0, 0.05) is 19.0 Å². The van der Waals surface area contributed by atoms with E-state index in [1.165, 1.54) is 36.0 Å². The Morgan fingerprint density at radius 3 is 2.18 bits per heavy atom. The van der Waals surface area contributed by atoms with Crippen LogP contribution in [-0.4, -0.2) is 35.3 Å². The van der Waals surface area contributed by atoms with E-state index >= 15 is 0 Å². The SMILES string of the molecule is CC[C@H](C(=O)NC1CCCCC1)N(CCc1ccccc1)C(=O)CCc1ccc(C(C)C)cc1. The highest BCUT2D eigenvalue weighted by atomic mass is 16.2. The number of nitrogens with one attached hydrogen (secondary N) is 1. The number of carbonyl (C=O) groups is 2. The van der Waals surface area contributed by atoms with Gasteiger partial charge >= 0.3 is 0 Å². The molecule has 1 N–H and O–H groups in total. The maximum absolute atomic E-state index is 13.5. The second kappa shape index (κ2) is 13.3. The van der Waals surface area contributed by atoms with Crippen molar-refractivity contribution in [1.29, 1.82) is 0 Å². The molecule has 0 unspecified atom stereocenters. The van der Waals surface area contributed by atoms with Gasteiger partial charge in [0.15, 0.2) is 0 Å². The summed E-state index contributed by atoms with van der Waals surface area (Å²) in [4.78, 5) is 28.6. The van der Waals surface area contributed by atoms with E-state index in [9.17, 15) is 9.59 Å². The zero-order valence-corrected chi connectivity index (χ0v) is 21.3. The molecule has 4 nitrogen and oxygen atoms in total. The molecule has 184 valence electrons. The molecule has 1 atom stereocenters. The summed E-state index contributed by atoms with van der Waals surface area (Å²) in [6, 6.07) is 18.6. The van der Waals surface area contributed by atoms with Crippen LogP contribution < -0.4 is 5.32 Å². The molecule has 1 aliphatic carbocycles. The highest BCUT2D eigenvalue weighted by Crippen LogP contribution is 2.19. The van der Waals surface area contributed by atoms with Gasteiger partial charge in [-0.3, -0.25) is 9.59 Å². The smallest absolute Gasteiger partial charge is 0.243 e. The van der Waals surface area contributed by atoms with Gasteiger partial charge in [-0.05, 0) is 54.7 Å². The van der Waals surface area contributed by atoms with Crippen LogP contribution in [0, 0.1) is 0 Å². The third-order valence-electron chi connectivity index (χ3n) is 7.10. The van der Waals surface area contributed by atoms with E-state index in [0.29, 0.717) is 31.7 Å². The van der Waals surface area contributed by atoms with Crippen LogP contribution in [0.4, 0.5) is 0 Å². The standard InChI is InChI=1S/C30H42N2O2/c1-4-28(30(34)31-27-13-9-6-10-14-27)32(22-21-24-11-7-5-8-12-24)29(33)20-17-25-15-18-26(19-16-25)23(2)3/h5,7-8,11-12,15-16,18-19,23,27-28H,4,6,9-10,13-14,17,20-22H2,1-3H3,(H,31,34)/t28-/m1/s1. The number of rotatable bonds is 11. The summed E-state index contributed by atoms with van der Waals surface area (Å²) in [6.45, 7) is 6.95. The normalized spacial score (nSPS) is 15.2. The van der Waals surface area contributed by atoms with Crippen molar-refractivity contribution >= 4 is 11.8 Å². The molecular formula is C30H42N2O2. The molecule has 1 saturated carbocycles. The van der Waals surface area contributed by atoms with E-state index in [0.717, 1.165) is 19.3 Å². The van der Waals surface area contributed by atoms with E-state index in [-0.39, 0.29) is 17.9 Å². The molecule has 34 heavy (non-hydrogen) atoms. The minimum atomic E-state index is -0.415. The van der Waals surface area contributed by atoms with Crippen molar-refractivity contribution in [3.63, 3.8) is 0 Å². The van der Waals surface area contributed by atoms with Crippen LogP contribution in [0.15, 0.2) is 54.6 Å². The summed E-state index contributed by atoms with van der Waals surface area (Å²) in [7, 11) is 0. The number of nitrogens with zero attached hydrogens (tertiary/aromatic N) is 1. The Kier molecular flexibility index (Phi) is 10.2. The molecule has 1 aliphatic rings. The van der Waals surface area contributed by atoms with Crippen molar-refractivity contribution in [3.05, 3.63) is 71.3 Å². The van der Waals surface area contributed by atoms with Crippen molar-refractivity contribution < 1.29 is 9.59 Å². The summed E-state index contributed by atoms with van der Waals surface area (Å²) >= 11 is 0. The lowest BCUT2D eigenvalue weighted by atomic mass is 9.95. The Morgan fingerprint density at radius 1 is 0.912 bits per heavy atom. The molecule has 4 heteroatoms. The van der Waals surface area contributed by atoms with Crippen molar-refractivity contribution in [3.8, 4) is 0 Å². The molecule has 1 fully saturated rings. The van der Waals surface area contributed by atoms with Crippen molar-refractivity contribution in [2.75, 3.05) is 6.54 Å². The Labute approximate surface area is 206 Å². The zero-order valence-electron chi connectivity index (χ0n) is 21.3. The van der Waals surface area contributed by atoms with E-state index in [1.54, 1.807) is 0 Å². The fraction of sp³-hybridized carbons (Fsp3) is 0.533. The van der Waals surface area contributed by atoms with Crippen LogP contribution in [-0.2, 0) is 22.4 Å². The predicted octanol–water partition coefficient (Wildman–Crippen LogP) is 6.04. The molecule has 0 aromatic heterocycles. The first-order valence-electron chi connectivity index (χ1n) is 13.2. The lowest BCUT2D eigenvalue weighted by molar-refractivity contribution is -0.141. The number of amides is 2. The first-order valence-corrected chi connectivity index (χ1v) is 13.2. The van der Waals surface area contributed by atoms with Crippen LogP contribution in [0.1, 0.15) is 88.3 Å². The first kappa shape index (κ1) is 26.0. The summed E-state index contributed by atoms with van der Waals surface area (Å²) in [5.74, 6) is 0.573. The van der Waals surface area contributed by atoms with Crippen LogP contribution in [0.5, 0.6) is 0 Å². The summed E-state index contributed by atoms with van der Waals surface area (Å²) in [5, 5.41) is 3.26. The molecular weight excluding hydrogens is 420 g/mol. The first-order chi connectivity index (χ1) is 16.5. The summed E-state index contributed by atoms with van der Waals surface area (Å²) in [6.07, 6.45) is 8.19. The number of benzene rings is 2. The minimum Gasteiger partial charge on any atom is -0.352 e. The van der Waals surface area contributed by atoms with Crippen LogP contribution >= 0.6 is 0 Å². The fourth-order valence-corrected chi connectivity index (χ4v) is 4.90. The molecule has 2 aromatic carbocycles. The maximum atomic E-state index is 13.5. The quantitative estimate of drug-likeness (QED) is 0.442. The molecule has 0 spiro atoms. The predicted molar refractivity (Wildman–Crippen MR) is 140 cm³/mol. The van der Waals surface area contributed by atoms with E-state index in [1.807, 2.05) is 30.0 Å². The lowest BCUT2D eigenvalue weighted by Crippen LogP contribution is -2.52. The van der Waals surface area contributed by atoms with Gasteiger partial charge in [-0.15, -0.1) is 0 Å². The maximum Gasteiger partial charge on any atom is 0.243 e. The number of aryl methyl sites for hydroxylation is 1. The van der Waals surface area contributed by atoms with Gasteiger partial charge in [0.05, 0.1) is 0 Å². The Balaban J connectivity index is 1.68. The van der Waals surface area contributed by atoms with Crippen LogP contribution in [0.25, 0.3) is 0 Å². The van der Waals surface area contributed by atoms with Crippen LogP contribution in [0.3, 0.4) is 0 Å². The van der Waals surface area contributed by atoms with Gasteiger partial charge in [-0.2, -0.15) is 0 Å². The van der Waals surface area contributed by atoms with Gasteiger partial charge < -0.3 is 10.2 Å². The average Bonchev–Trinajstić information content (AvgIpc) is 2.86. The molecule has 0 saturated heterocycles. The molecule has 0 bridgehead atoms. The Bertz CT molecular complexity index is 886. The van der Waals surface area contributed by atoms with Crippen molar-refractivity contribution in [2.45, 2.75) is 96.6 Å². The Morgan fingerprint density at radius 2 is 1.56 bits per heavy atom. The summed E-state index contributed by atoms with van der Waals surface area (Å²) < 4.78 is 0. The largest absolute Gasteiger partial charge is 0.352 e. The van der Waals surface area contributed by atoms with Crippen molar-refractivity contribution in [1.82, 2.24) is 10.2 Å². The molecule has 3 rings (SSSR count). The number of hydrogen-bond acceptors (Lipinski definition) is 2. The monoisotopic (exact) mass is 462 g/mol. The average molecular weight is 463 g/mol. The molecule has 2 aromatic rings. The highest BCUT2D eigenvalue weighted by Gasteiger charge is 2.29. The van der Waals surface area contributed by atoms with Gasteiger partial charge in [0.1, 0.15) is 6.04 Å². The van der Waals surface area contributed by atoms with E-state index < -0.39 is 6.04 Å². The third-order valence-corrected chi connectivity index (χ3v) is 7.10. The zero-order chi connectivity index (χ0) is 24.3. The van der Waals surface area contributed by atoms with Gasteiger partial charge in [-0.25, -0.2) is 0 Å². The van der Waals surface area contributed by atoms with E-state index in [2.05, 4.69) is 55.6 Å². The number of carbonyl (C=O) groups excluding carboxylic acids is 2. The van der Waals surface area contributed by atoms with E-state index in [4.69, 9.17) is 0 Å². The minimum absolute atomic E-state index is 0.0112. The topological polar surface area (TPSA) is 49.4 Å². The third kappa shape index (κ3) is 7.72. The Hall–Kier alpha value is -2.62. The summed E-state index contributed by atoms with van der Waals surface area (Å²) in [5.41, 5.74) is 3.66.